The van der Waals surface area contributed by atoms with Gasteiger partial charge in [0.15, 0.2) is 5.16 Å². The van der Waals surface area contributed by atoms with Crippen molar-refractivity contribution in [2.45, 2.75) is 5.16 Å². The zero-order valence-electron chi connectivity index (χ0n) is 10.8. The SMILES string of the molecule is O=c1c2nnc(S)n2ccn1-c1cccc2ccccc12. The number of aromatic nitrogens is 4. The van der Waals surface area contributed by atoms with E-state index in [4.69, 9.17) is 0 Å². The van der Waals surface area contributed by atoms with E-state index in [0.29, 0.717) is 5.16 Å². The van der Waals surface area contributed by atoms with Gasteiger partial charge in [-0.2, -0.15) is 0 Å². The predicted molar refractivity (Wildman–Crippen MR) is 83.3 cm³/mol. The Hall–Kier alpha value is -2.60. The van der Waals surface area contributed by atoms with E-state index in [1.165, 1.54) is 0 Å². The van der Waals surface area contributed by atoms with Crippen molar-refractivity contribution >= 4 is 29.0 Å². The zero-order chi connectivity index (χ0) is 14.4. The lowest BCUT2D eigenvalue weighted by Gasteiger charge is -2.09. The van der Waals surface area contributed by atoms with Gasteiger partial charge in [0.2, 0.25) is 5.65 Å². The number of hydrogen-bond donors (Lipinski definition) is 1. The molecule has 5 nitrogen and oxygen atoms in total. The molecule has 0 atom stereocenters. The standard InChI is InChI=1S/C15H10N4OS/c20-14-13-16-17-15(21)19(13)9-8-18(14)12-7-3-5-10-4-1-2-6-11(10)12/h1-9H,(H,17,21). The minimum absolute atomic E-state index is 0.221. The van der Waals surface area contributed by atoms with Crippen LogP contribution < -0.4 is 5.56 Å². The Kier molecular flexibility index (Phi) is 2.58. The average molecular weight is 294 g/mol. The molecule has 0 saturated carbocycles. The lowest BCUT2D eigenvalue weighted by molar-refractivity contribution is 0.900. The molecule has 0 spiro atoms. The van der Waals surface area contributed by atoms with E-state index in [1.807, 2.05) is 42.5 Å². The van der Waals surface area contributed by atoms with Crippen LogP contribution in [0.1, 0.15) is 0 Å². The first-order valence-corrected chi connectivity index (χ1v) is 6.84. The number of benzene rings is 2. The highest BCUT2D eigenvalue weighted by Crippen LogP contribution is 2.21. The van der Waals surface area contributed by atoms with E-state index in [2.05, 4.69) is 22.8 Å². The summed E-state index contributed by atoms with van der Waals surface area (Å²) in [7, 11) is 0. The van der Waals surface area contributed by atoms with Gasteiger partial charge in [0.1, 0.15) is 0 Å². The second-order valence-corrected chi connectivity index (χ2v) is 5.07. The molecule has 0 fully saturated rings. The maximum absolute atomic E-state index is 12.6. The van der Waals surface area contributed by atoms with Gasteiger partial charge < -0.3 is 0 Å². The minimum Gasteiger partial charge on any atom is -0.279 e. The van der Waals surface area contributed by atoms with Crippen molar-refractivity contribution in [1.82, 2.24) is 19.2 Å². The largest absolute Gasteiger partial charge is 0.300 e. The number of hydrogen-bond acceptors (Lipinski definition) is 4. The molecule has 102 valence electrons. The molecule has 2 aromatic carbocycles. The van der Waals surface area contributed by atoms with Crippen molar-refractivity contribution in [3.63, 3.8) is 0 Å². The summed E-state index contributed by atoms with van der Waals surface area (Å²) in [6.45, 7) is 0. The van der Waals surface area contributed by atoms with Crippen molar-refractivity contribution in [3.8, 4) is 5.69 Å². The van der Waals surface area contributed by atoms with Gasteiger partial charge in [0.05, 0.1) is 5.69 Å². The number of nitrogens with zero attached hydrogens (tertiary/aromatic N) is 4. The summed E-state index contributed by atoms with van der Waals surface area (Å²) >= 11 is 4.17. The van der Waals surface area contributed by atoms with Crippen LogP contribution in [-0.2, 0) is 0 Å². The van der Waals surface area contributed by atoms with E-state index < -0.39 is 0 Å². The minimum atomic E-state index is -0.221. The molecule has 0 bridgehead atoms. The van der Waals surface area contributed by atoms with Crippen LogP contribution in [0.3, 0.4) is 0 Å². The lowest BCUT2D eigenvalue weighted by atomic mass is 10.1. The van der Waals surface area contributed by atoms with Gasteiger partial charge in [0, 0.05) is 17.8 Å². The lowest BCUT2D eigenvalue weighted by Crippen LogP contribution is -2.20. The van der Waals surface area contributed by atoms with Gasteiger partial charge in [-0.25, -0.2) is 0 Å². The fourth-order valence-electron chi connectivity index (χ4n) is 2.48. The van der Waals surface area contributed by atoms with Crippen LogP contribution in [0.25, 0.3) is 22.1 Å². The highest BCUT2D eigenvalue weighted by Gasteiger charge is 2.10. The fourth-order valence-corrected chi connectivity index (χ4v) is 2.69. The van der Waals surface area contributed by atoms with Crippen LogP contribution in [0.5, 0.6) is 0 Å². The Morgan fingerprint density at radius 3 is 2.67 bits per heavy atom. The quantitative estimate of drug-likeness (QED) is 0.548. The molecular weight excluding hydrogens is 284 g/mol. The molecule has 0 aliphatic rings. The molecule has 2 heterocycles. The topological polar surface area (TPSA) is 52.2 Å². The van der Waals surface area contributed by atoms with Crippen LogP contribution >= 0.6 is 12.6 Å². The third-order valence-corrected chi connectivity index (χ3v) is 3.78. The third-order valence-electron chi connectivity index (χ3n) is 3.48. The number of fused-ring (bicyclic) bond motifs is 2. The van der Waals surface area contributed by atoms with Gasteiger partial charge in [-0.05, 0) is 11.5 Å². The first-order chi connectivity index (χ1) is 10.3. The molecule has 0 N–H and O–H groups in total. The Bertz CT molecular complexity index is 1030. The smallest absolute Gasteiger partial charge is 0.279 e. The third kappa shape index (κ3) is 1.76. The average Bonchev–Trinajstić information content (AvgIpc) is 2.90. The predicted octanol–water partition coefficient (Wildman–Crippen LogP) is 2.32. The van der Waals surface area contributed by atoms with Gasteiger partial charge >= 0.3 is 5.56 Å². The van der Waals surface area contributed by atoms with Crippen LogP contribution in [0.15, 0.2) is 64.8 Å². The summed E-state index contributed by atoms with van der Waals surface area (Å²) in [5, 5.41) is 10.2. The van der Waals surface area contributed by atoms with Crippen molar-refractivity contribution < 1.29 is 0 Å². The monoisotopic (exact) mass is 294 g/mol. The van der Waals surface area contributed by atoms with Crippen molar-refractivity contribution in [1.29, 1.82) is 0 Å². The zero-order valence-corrected chi connectivity index (χ0v) is 11.7. The summed E-state index contributed by atoms with van der Waals surface area (Å²) in [5.74, 6) is 0. The molecule has 6 heteroatoms. The molecule has 0 saturated heterocycles. The molecule has 4 aromatic rings. The van der Waals surface area contributed by atoms with Crippen molar-refractivity contribution in [2.75, 3.05) is 0 Å². The Balaban J connectivity index is 2.10. The molecule has 0 radical (unpaired) electrons. The molecule has 0 aliphatic heterocycles. The first kappa shape index (κ1) is 12.2. The van der Waals surface area contributed by atoms with Crippen LogP contribution in [0.4, 0.5) is 0 Å². The molecule has 0 amide bonds. The van der Waals surface area contributed by atoms with Crippen molar-refractivity contribution in [2.24, 2.45) is 0 Å². The van der Waals surface area contributed by atoms with Crippen LogP contribution in [0.2, 0.25) is 0 Å². The van der Waals surface area contributed by atoms with E-state index in [0.717, 1.165) is 16.5 Å². The molecule has 0 unspecified atom stereocenters. The van der Waals surface area contributed by atoms with Gasteiger partial charge in [0.25, 0.3) is 0 Å². The van der Waals surface area contributed by atoms with Crippen LogP contribution in [-0.4, -0.2) is 19.2 Å². The Morgan fingerprint density at radius 1 is 0.952 bits per heavy atom. The van der Waals surface area contributed by atoms with E-state index >= 15 is 0 Å². The maximum atomic E-state index is 12.6. The second-order valence-electron chi connectivity index (χ2n) is 4.67. The summed E-state index contributed by atoms with van der Waals surface area (Å²) in [6.07, 6.45) is 3.45. The van der Waals surface area contributed by atoms with Gasteiger partial charge in [-0.15, -0.1) is 22.8 Å². The summed E-state index contributed by atoms with van der Waals surface area (Å²) < 4.78 is 3.15. The number of thiol groups is 1. The first-order valence-electron chi connectivity index (χ1n) is 6.39. The molecular formula is C15H10N4OS. The Morgan fingerprint density at radius 2 is 1.76 bits per heavy atom. The molecule has 4 rings (SSSR count). The normalized spacial score (nSPS) is 11.3. The highest BCUT2D eigenvalue weighted by atomic mass is 32.1. The van der Waals surface area contributed by atoms with Crippen molar-refractivity contribution in [3.05, 3.63) is 65.2 Å². The Labute approximate surface area is 124 Å². The summed E-state index contributed by atoms with van der Waals surface area (Å²) in [5.41, 5.74) is 0.862. The van der Waals surface area contributed by atoms with Gasteiger partial charge in [-0.1, -0.05) is 36.4 Å². The van der Waals surface area contributed by atoms with E-state index in [-0.39, 0.29) is 11.2 Å². The summed E-state index contributed by atoms with van der Waals surface area (Å²) in [4.78, 5) is 12.6. The fraction of sp³-hybridized carbons (Fsp3) is 0. The van der Waals surface area contributed by atoms with E-state index in [1.54, 1.807) is 21.4 Å². The molecule has 21 heavy (non-hydrogen) atoms. The second kappa shape index (κ2) is 4.46. The summed E-state index contributed by atoms with van der Waals surface area (Å²) in [6, 6.07) is 13.8. The molecule has 2 aromatic heterocycles. The highest BCUT2D eigenvalue weighted by molar-refractivity contribution is 7.80. The van der Waals surface area contributed by atoms with E-state index in [9.17, 15) is 4.79 Å². The maximum Gasteiger partial charge on any atom is 0.300 e. The number of rotatable bonds is 1. The van der Waals surface area contributed by atoms with Crippen LogP contribution in [0, 0.1) is 0 Å². The molecule has 0 aliphatic carbocycles. The van der Waals surface area contributed by atoms with Gasteiger partial charge in [-0.3, -0.25) is 13.8 Å².